The Labute approximate surface area is 81.6 Å². The Morgan fingerprint density at radius 1 is 1.33 bits per heavy atom. The highest BCUT2D eigenvalue weighted by Crippen LogP contribution is 2.20. The van der Waals surface area contributed by atoms with Gasteiger partial charge in [-0.3, -0.25) is 0 Å². The molecule has 0 aromatic heterocycles. The molecule has 1 N–H and O–H groups in total. The minimum absolute atomic E-state index is 0.303. The van der Waals surface area contributed by atoms with Crippen molar-refractivity contribution in [2.45, 2.75) is 25.9 Å². The van der Waals surface area contributed by atoms with Gasteiger partial charge in [-0.2, -0.15) is 0 Å². The molecule has 0 unspecified atom stereocenters. The number of hydrogen-bond donors (Lipinski definition) is 1. The first-order valence-electron chi connectivity index (χ1n) is 4.17. The van der Waals surface area contributed by atoms with Crippen molar-refractivity contribution in [2.24, 2.45) is 0 Å². The van der Waals surface area contributed by atoms with Crippen molar-refractivity contribution in [1.82, 2.24) is 0 Å². The van der Waals surface area contributed by atoms with Gasteiger partial charge in [0.2, 0.25) is 0 Å². The third-order valence-electron chi connectivity index (χ3n) is 1.82. The molecule has 0 amide bonds. The zero-order valence-corrected chi connectivity index (χ0v) is 8.71. The molecule has 0 saturated heterocycles. The van der Waals surface area contributed by atoms with E-state index in [2.05, 4.69) is 22.9 Å². The second-order valence-corrected chi connectivity index (χ2v) is 3.77. The molecule has 0 fully saturated rings. The SMILES string of the molecule is CCC[C@H](O)c1ccc(Br)cc1. The molecule has 0 spiro atoms. The zero-order chi connectivity index (χ0) is 8.97. The van der Waals surface area contributed by atoms with Gasteiger partial charge in [0.05, 0.1) is 6.10 Å². The maximum atomic E-state index is 9.60. The Kier molecular flexibility index (Phi) is 3.76. The molecule has 12 heavy (non-hydrogen) atoms. The summed E-state index contributed by atoms with van der Waals surface area (Å²) in [5.74, 6) is 0. The summed E-state index contributed by atoms with van der Waals surface area (Å²) in [7, 11) is 0. The van der Waals surface area contributed by atoms with Gasteiger partial charge in [-0.05, 0) is 24.1 Å². The molecule has 0 bridgehead atoms. The van der Waals surface area contributed by atoms with Crippen molar-refractivity contribution in [3.63, 3.8) is 0 Å². The smallest absolute Gasteiger partial charge is 0.0790 e. The van der Waals surface area contributed by atoms with Crippen molar-refractivity contribution < 1.29 is 5.11 Å². The van der Waals surface area contributed by atoms with Crippen LogP contribution >= 0.6 is 15.9 Å². The predicted molar refractivity (Wildman–Crippen MR) is 54.0 cm³/mol. The Hall–Kier alpha value is -0.340. The maximum absolute atomic E-state index is 9.60. The fourth-order valence-corrected chi connectivity index (χ4v) is 1.39. The molecule has 1 nitrogen and oxygen atoms in total. The summed E-state index contributed by atoms with van der Waals surface area (Å²) in [6, 6.07) is 7.80. The molecule has 1 aromatic carbocycles. The van der Waals surface area contributed by atoms with Crippen molar-refractivity contribution in [2.75, 3.05) is 0 Å². The molecule has 1 rings (SSSR count). The van der Waals surface area contributed by atoms with Gasteiger partial charge in [-0.15, -0.1) is 0 Å². The standard InChI is InChI=1S/C10H13BrO/c1-2-3-10(12)8-4-6-9(11)7-5-8/h4-7,10,12H,2-3H2,1H3/t10-/m0/s1. The van der Waals surface area contributed by atoms with Crippen LogP contribution in [0.5, 0.6) is 0 Å². The van der Waals surface area contributed by atoms with Gasteiger partial charge in [-0.1, -0.05) is 41.4 Å². The molecular formula is C10H13BrO. The van der Waals surface area contributed by atoms with Crippen LogP contribution in [0.15, 0.2) is 28.7 Å². The number of rotatable bonds is 3. The Morgan fingerprint density at radius 2 is 1.92 bits per heavy atom. The van der Waals surface area contributed by atoms with E-state index in [1.54, 1.807) is 0 Å². The van der Waals surface area contributed by atoms with E-state index in [1.807, 2.05) is 24.3 Å². The van der Waals surface area contributed by atoms with Crippen molar-refractivity contribution in [3.8, 4) is 0 Å². The van der Waals surface area contributed by atoms with Gasteiger partial charge in [0, 0.05) is 4.47 Å². The van der Waals surface area contributed by atoms with Gasteiger partial charge in [0.1, 0.15) is 0 Å². The van der Waals surface area contributed by atoms with Crippen molar-refractivity contribution in [3.05, 3.63) is 34.3 Å². The summed E-state index contributed by atoms with van der Waals surface area (Å²) in [6.45, 7) is 2.07. The lowest BCUT2D eigenvalue weighted by molar-refractivity contribution is 0.166. The molecule has 0 aliphatic rings. The Balaban J connectivity index is 2.68. The summed E-state index contributed by atoms with van der Waals surface area (Å²) in [5.41, 5.74) is 1.00. The van der Waals surface area contributed by atoms with Crippen LogP contribution in [0.4, 0.5) is 0 Å². The van der Waals surface area contributed by atoms with E-state index < -0.39 is 0 Å². The van der Waals surface area contributed by atoms with Crippen LogP contribution in [-0.4, -0.2) is 5.11 Å². The van der Waals surface area contributed by atoms with E-state index in [1.165, 1.54) is 0 Å². The van der Waals surface area contributed by atoms with Crippen molar-refractivity contribution in [1.29, 1.82) is 0 Å². The van der Waals surface area contributed by atoms with Gasteiger partial charge >= 0.3 is 0 Å². The highest BCUT2D eigenvalue weighted by Gasteiger charge is 2.04. The van der Waals surface area contributed by atoms with E-state index in [0.29, 0.717) is 0 Å². The topological polar surface area (TPSA) is 20.2 Å². The van der Waals surface area contributed by atoms with Gasteiger partial charge in [0.25, 0.3) is 0 Å². The fraction of sp³-hybridized carbons (Fsp3) is 0.400. The van der Waals surface area contributed by atoms with Gasteiger partial charge in [-0.25, -0.2) is 0 Å². The summed E-state index contributed by atoms with van der Waals surface area (Å²) in [5, 5.41) is 9.60. The predicted octanol–water partition coefficient (Wildman–Crippen LogP) is 3.28. The van der Waals surface area contributed by atoms with Crippen molar-refractivity contribution >= 4 is 15.9 Å². The average molecular weight is 229 g/mol. The van der Waals surface area contributed by atoms with Crippen LogP contribution < -0.4 is 0 Å². The summed E-state index contributed by atoms with van der Waals surface area (Å²) >= 11 is 3.35. The first-order valence-corrected chi connectivity index (χ1v) is 4.97. The molecule has 1 atom stereocenters. The van der Waals surface area contributed by atoms with Crippen LogP contribution in [-0.2, 0) is 0 Å². The number of halogens is 1. The molecular weight excluding hydrogens is 216 g/mol. The molecule has 0 radical (unpaired) electrons. The van der Waals surface area contributed by atoms with E-state index in [9.17, 15) is 5.11 Å². The zero-order valence-electron chi connectivity index (χ0n) is 7.13. The van der Waals surface area contributed by atoms with E-state index in [4.69, 9.17) is 0 Å². The molecule has 0 saturated carbocycles. The fourth-order valence-electron chi connectivity index (χ4n) is 1.13. The lowest BCUT2D eigenvalue weighted by Gasteiger charge is -2.08. The highest BCUT2D eigenvalue weighted by atomic mass is 79.9. The largest absolute Gasteiger partial charge is 0.388 e. The molecule has 66 valence electrons. The van der Waals surface area contributed by atoms with Crippen LogP contribution in [0.2, 0.25) is 0 Å². The summed E-state index contributed by atoms with van der Waals surface area (Å²) in [4.78, 5) is 0. The van der Waals surface area contributed by atoms with Gasteiger partial charge in [0.15, 0.2) is 0 Å². The first-order chi connectivity index (χ1) is 5.74. The normalized spacial score (nSPS) is 12.9. The average Bonchev–Trinajstić information content (AvgIpc) is 2.06. The van der Waals surface area contributed by atoms with Crippen LogP contribution in [0.3, 0.4) is 0 Å². The number of aliphatic hydroxyl groups is 1. The molecule has 2 heteroatoms. The summed E-state index contributed by atoms with van der Waals surface area (Å²) in [6.07, 6.45) is 1.54. The third kappa shape index (κ3) is 2.61. The number of benzene rings is 1. The maximum Gasteiger partial charge on any atom is 0.0790 e. The molecule has 0 heterocycles. The monoisotopic (exact) mass is 228 g/mol. The van der Waals surface area contributed by atoms with Crippen LogP contribution in [0, 0.1) is 0 Å². The van der Waals surface area contributed by atoms with Crippen LogP contribution in [0.25, 0.3) is 0 Å². The molecule has 0 aliphatic heterocycles. The lowest BCUT2D eigenvalue weighted by Crippen LogP contribution is -1.95. The summed E-state index contributed by atoms with van der Waals surface area (Å²) < 4.78 is 1.05. The van der Waals surface area contributed by atoms with E-state index in [-0.39, 0.29) is 6.10 Å². The Bertz CT molecular complexity index is 230. The highest BCUT2D eigenvalue weighted by molar-refractivity contribution is 9.10. The minimum atomic E-state index is -0.303. The van der Waals surface area contributed by atoms with Crippen LogP contribution in [0.1, 0.15) is 31.4 Å². The lowest BCUT2D eigenvalue weighted by atomic mass is 10.1. The van der Waals surface area contributed by atoms with E-state index >= 15 is 0 Å². The molecule has 1 aromatic rings. The number of hydrogen-bond acceptors (Lipinski definition) is 1. The third-order valence-corrected chi connectivity index (χ3v) is 2.35. The Morgan fingerprint density at radius 3 is 2.42 bits per heavy atom. The molecule has 0 aliphatic carbocycles. The first kappa shape index (κ1) is 9.75. The second kappa shape index (κ2) is 4.63. The van der Waals surface area contributed by atoms with Gasteiger partial charge < -0.3 is 5.11 Å². The number of aliphatic hydroxyl groups excluding tert-OH is 1. The quantitative estimate of drug-likeness (QED) is 0.843. The second-order valence-electron chi connectivity index (χ2n) is 2.86. The minimum Gasteiger partial charge on any atom is -0.388 e. The van der Waals surface area contributed by atoms with E-state index in [0.717, 1.165) is 22.9 Å².